The first-order valence-electron chi connectivity index (χ1n) is 5.50. The molecule has 90 valence electrons. The van der Waals surface area contributed by atoms with Crippen LogP contribution < -0.4 is 17.2 Å². The van der Waals surface area contributed by atoms with Crippen LogP contribution in [0.15, 0.2) is 42.2 Å². The molecule has 0 saturated carbocycles. The number of benzene rings is 1. The molecule has 0 aliphatic heterocycles. The van der Waals surface area contributed by atoms with Crippen molar-refractivity contribution in [3.05, 3.63) is 53.3 Å². The molecule has 4 heteroatoms. The third-order valence-corrected chi connectivity index (χ3v) is 2.85. The van der Waals surface area contributed by atoms with Crippen LogP contribution in [0.2, 0.25) is 0 Å². The van der Waals surface area contributed by atoms with E-state index in [4.69, 9.17) is 17.2 Å². The fourth-order valence-electron chi connectivity index (χ4n) is 1.93. The van der Waals surface area contributed by atoms with E-state index in [1.54, 1.807) is 12.2 Å². The molecule has 0 unspecified atom stereocenters. The average Bonchev–Trinajstić information content (AvgIpc) is 2.32. The van der Waals surface area contributed by atoms with Crippen LogP contribution in [0.4, 0.5) is 0 Å². The molecule has 0 radical (unpaired) electrons. The van der Waals surface area contributed by atoms with Gasteiger partial charge in [-0.25, -0.2) is 0 Å². The maximum atomic E-state index is 9.87. The highest BCUT2D eigenvalue weighted by Gasteiger charge is 2.24. The van der Waals surface area contributed by atoms with Gasteiger partial charge < -0.3 is 22.3 Å². The first kappa shape index (κ1) is 11.9. The van der Waals surface area contributed by atoms with Crippen LogP contribution in [-0.2, 0) is 6.54 Å². The zero-order chi connectivity index (χ0) is 12.5. The topological polar surface area (TPSA) is 98.3 Å². The monoisotopic (exact) mass is 231 g/mol. The molecule has 0 fully saturated rings. The number of nitrogens with two attached hydrogens (primary N) is 3. The number of hydrogen-bond acceptors (Lipinski definition) is 4. The summed E-state index contributed by atoms with van der Waals surface area (Å²) in [6, 6.07) is 7.71. The molecule has 0 amide bonds. The van der Waals surface area contributed by atoms with E-state index in [1.807, 2.05) is 24.3 Å². The van der Waals surface area contributed by atoms with E-state index in [2.05, 4.69) is 0 Å². The van der Waals surface area contributed by atoms with Crippen molar-refractivity contribution in [2.45, 2.75) is 18.6 Å². The van der Waals surface area contributed by atoms with Crippen LogP contribution in [0, 0.1) is 0 Å². The Bertz CT molecular complexity index is 489. The Morgan fingerprint density at radius 1 is 1.29 bits per heavy atom. The highest BCUT2D eigenvalue weighted by molar-refractivity contribution is 5.72. The molecule has 1 aliphatic carbocycles. The lowest BCUT2D eigenvalue weighted by molar-refractivity contribution is 0.420. The van der Waals surface area contributed by atoms with Gasteiger partial charge in [-0.3, -0.25) is 0 Å². The Hall–Kier alpha value is -1.62. The second-order valence-corrected chi connectivity index (χ2v) is 4.39. The predicted octanol–water partition coefficient (Wildman–Crippen LogP) is 0.988. The predicted molar refractivity (Wildman–Crippen MR) is 68.7 cm³/mol. The maximum absolute atomic E-state index is 9.87. The van der Waals surface area contributed by atoms with Crippen molar-refractivity contribution in [3.8, 4) is 0 Å². The second kappa shape index (κ2) is 4.33. The van der Waals surface area contributed by atoms with Crippen molar-refractivity contribution in [1.82, 2.24) is 0 Å². The number of rotatable bonds is 2. The summed E-state index contributed by atoms with van der Waals surface area (Å²) in [6.45, 7) is 0.466. The van der Waals surface area contributed by atoms with Crippen molar-refractivity contribution in [3.63, 3.8) is 0 Å². The molecule has 0 saturated heterocycles. The van der Waals surface area contributed by atoms with Crippen LogP contribution in [0.3, 0.4) is 0 Å². The SMILES string of the molecule is NCc1cccc(C2=C(O)C=CC(N)(N)C2)c1. The summed E-state index contributed by atoms with van der Waals surface area (Å²) in [5.74, 6) is 0.214. The van der Waals surface area contributed by atoms with Gasteiger partial charge in [0.1, 0.15) is 5.76 Å². The summed E-state index contributed by atoms with van der Waals surface area (Å²) >= 11 is 0. The van der Waals surface area contributed by atoms with Crippen molar-refractivity contribution < 1.29 is 5.11 Å². The van der Waals surface area contributed by atoms with Crippen LogP contribution in [-0.4, -0.2) is 10.8 Å². The molecule has 2 rings (SSSR count). The lowest BCUT2D eigenvalue weighted by atomic mass is 9.89. The lowest BCUT2D eigenvalue weighted by Gasteiger charge is -2.26. The van der Waals surface area contributed by atoms with E-state index in [9.17, 15) is 5.11 Å². The molecule has 17 heavy (non-hydrogen) atoms. The van der Waals surface area contributed by atoms with Gasteiger partial charge in [0.2, 0.25) is 0 Å². The smallest absolute Gasteiger partial charge is 0.119 e. The molecule has 1 aromatic rings. The number of allylic oxidation sites excluding steroid dienone is 1. The van der Waals surface area contributed by atoms with E-state index >= 15 is 0 Å². The van der Waals surface area contributed by atoms with Gasteiger partial charge in [0.25, 0.3) is 0 Å². The van der Waals surface area contributed by atoms with Gasteiger partial charge in [-0.2, -0.15) is 0 Å². The largest absolute Gasteiger partial charge is 0.508 e. The molecular weight excluding hydrogens is 214 g/mol. The normalized spacial score (nSPS) is 18.5. The standard InChI is InChI=1S/C13H17N3O/c14-8-9-2-1-3-10(6-9)11-7-13(15,16)5-4-12(11)17/h1-6,17H,7-8,14-16H2. The zero-order valence-electron chi connectivity index (χ0n) is 9.56. The van der Waals surface area contributed by atoms with Gasteiger partial charge in [-0.15, -0.1) is 0 Å². The Kier molecular flexibility index (Phi) is 3.02. The van der Waals surface area contributed by atoms with Gasteiger partial charge in [0.05, 0.1) is 5.66 Å². The van der Waals surface area contributed by atoms with Crippen LogP contribution in [0.1, 0.15) is 17.5 Å². The molecule has 0 atom stereocenters. The quantitative estimate of drug-likeness (QED) is 0.570. The fraction of sp³-hybridized carbons (Fsp3) is 0.231. The van der Waals surface area contributed by atoms with E-state index < -0.39 is 5.66 Å². The van der Waals surface area contributed by atoms with E-state index in [1.165, 1.54) is 0 Å². The summed E-state index contributed by atoms with van der Waals surface area (Å²) < 4.78 is 0. The summed E-state index contributed by atoms with van der Waals surface area (Å²) in [5.41, 5.74) is 19.1. The second-order valence-electron chi connectivity index (χ2n) is 4.39. The minimum Gasteiger partial charge on any atom is -0.508 e. The molecule has 0 heterocycles. The minimum absolute atomic E-state index is 0.214. The van der Waals surface area contributed by atoms with Crippen LogP contribution >= 0.6 is 0 Å². The molecule has 1 aromatic carbocycles. The number of hydrogen-bond donors (Lipinski definition) is 4. The summed E-state index contributed by atoms with van der Waals surface area (Å²) in [4.78, 5) is 0. The van der Waals surface area contributed by atoms with Crippen molar-refractivity contribution in [2.24, 2.45) is 17.2 Å². The highest BCUT2D eigenvalue weighted by Crippen LogP contribution is 2.29. The summed E-state index contributed by atoms with van der Waals surface area (Å²) in [6.07, 6.45) is 3.57. The molecule has 7 N–H and O–H groups in total. The van der Waals surface area contributed by atoms with E-state index in [0.29, 0.717) is 13.0 Å². The van der Waals surface area contributed by atoms with Crippen molar-refractivity contribution in [1.29, 1.82) is 0 Å². The summed E-state index contributed by atoms with van der Waals surface area (Å²) in [7, 11) is 0. The molecular formula is C13H17N3O. The average molecular weight is 231 g/mol. The van der Waals surface area contributed by atoms with E-state index in [0.717, 1.165) is 16.7 Å². The maximum Gasteiger partial charge on any atom is 0.119 e. The van der Waals surface area contributed by atoms with E-state index in [-0.39, 0.29) is 5.76 Å². The Morgan fingerprint density at radius 2 is 2.06 bits per heavy atom. The van der Waals surface area contributed by atoms with Crippen LogP contribution in [0.25, 0.3) is 5.57 Å². The van der Waals surface area contributed by atoms with Gasteiger partial charge in [0, 0.05) is 18.5 Å². The molecule has 0 bridgehead atoms. The van der Waals surface area contributed by atoms with Gasteiger partial charge >= 0.3 is 0 Å². The van der Waals surface area contributed by atoms with Crippen molar-refractivity contribution >= 4 is 5.57 Å². The third kappa shape index (κ3) is 2.55. The highest BCUT2D eigenvalue weighted by atomic mass is 16.3. The number of aliphatic hydroxyl groups is 1. The van der Waals surface area contributed by atoms with Gasteiger partial charge in [0.15, 0.2) is 0 Å². The molecule has 1 aliphatic rings. The number of aliphatic hydroxyl groups excluding tert-OH is 1. The zero-order valence-corrected chi connectivity index (χ0v) is 9.56. The van der Waals surface area contributed by atoms with Gasteiger partial charge in [-0.05, 0) is 23.3 Å². The molecule has 4 nitrogen and oxygen atoms in total. The Labute approximate surface area is 100 Å². The Morgan fingerprint density at radius 3 is 2.76 bits per heavy atom. The van der Waals surface area contributed by atoms with Gasteiger partial charge in [-0.1, -0.05) is 24.3 Å². The molecule has 0 aromatic heterocycles. The first-order chi connectivity index (χ1) is 8.02. The van der Waals surface area contributed by atoms with Crippen molar-refractivity contribution in [2.75, 3.05) is 0 Å². The minimum atomic E-state index is -0.902. The van der Waals surface area contributed by atoms with Crippen LogP contribution in [0.5, 0.6) is 0 Å². The lowest BCUT2D eigenvalue weighted by Crippen LogP contribution is -2.48. The Balaban J connectivity index is 2.41. The third-order valence-electron chi connectivity index (χ3n) is 2.85. The fourth-order valence-corrected chi connectivity index (χ4v) is 1.93. The molecule has 0 spiro atoms. The first-order valence-corrected chi connectivity index (χ1v) is 5.50. The summed E-state index contributed by atoms with van der Waals surface area (Å²) in [5, 5.41) is 9.87.